The molecule has 0 amide bonds. The minimum atomic E-state index is 0.0913. The average molecular weight is 243 g/mol. The zero-order valence-electron chi connectivity index (χ0n) is 8.24. The van der Waals surface area contributed by atoms with E-state index < -0.39 is 0 Å². The Morgan fingerprint density at radius 1 is 1.53 bits per heavy atom. The van der Waals surface area contributed by atoms with Crippen molar-refractivity contribution in [1.82, 2.24) is 0 Å². The second-order valence-electron chi connectivity index (χ2n) is 2.95. The summed E-state index contributed by atoms with van der Waals surface area (Å²) >= 11 is 7.00. The van der Waals surface area contributed by atoms with Gasteiger partial charge in [-0.3, -0.25) is 4.79 Å². The van der Waals surface area contributed by atoms with Crippen molar-refractivity contribution in [2.24, 2.45) is 0 Å². The number of rotatable bonds is 3. The molecule has 0 aliphatic rings. The molecule has 0 fully saturated rings. The largest absolute Gasteiger partial charge is 0.508 e. The predicted molar refractivity (Wildman–Crippen MR) is 65.3 cm³/mol. The Balaban J connectivity index is 2.60. The Kier molecular flexibility index (Phi) is 4.72. The van der Waals surface area contributed by atoms with Crippen LogP contribution in [0, 0.1) is 0 Å². The van der Waals surface area contributed by atoms with Crippen LogP contribution >= 0.6 is 23.4 Å². The lowest BCUT2D eigenvalue weighted by molar-refractivity contribution is -0.109. The number of carbonyl (C=O) groups excluding carboxylic acids is 1. The predicted octanol–water partition coefficient (Wildman–Crippen LogP) is 3.34. The first-order valence-corrected chi connectivity index (χ1v) is 5.74. The van der Waals surface area contributed by atoms with Crippen LogP contribution in [0.15, 0.2) is 24.3 Å². The Labute approximate surface area is 97.9 Å². The number of hydrogen-bond donors (Lipinski definition) is 1. The van der Waals surface area contributed by atoms with Crippen molar-refractivity contribution in [3.63, 3.8) is 0 Å². The molecule has 1 N–H and O–H groups in total. The van der Waals surface area contributed by atoms with Crippen molar-refractivity contribution in [3.05, 3.63) is 34.9 Å². The van der Waals surface area contributed by atoms with E-state index in [9.17, 15) is 9.90 Å². The van der Waals surface area contributed by atoms with Gasteiger partial charge in [0.05, 0.1) is 0 Å². The van der Waals surface area contributed by atoms with Crippen molar-refractivity contribution >= 4 is 34.6 Å². The third-order valence-electron chi connectivity index (χ3n) is 1.60. The first-order valence-electron chi connectivity index (χ1n) is 4.37. The summed E-state index contributed by atoms with van der Waals surface area (Å²) in [5, 5.41) is 9.85. The summed E-state index contributed by atoms with van der Waals surface area (Å²) < 4.78 is 0. The summed E-state index contributed by atoms with van der Waals surface area (Å²) in [4.78, 5) is 10.6. The van der Waals surface area contributed by atoms with Crippen LogP contribution < -0.4 is 0 Å². The molecule has 1 rings (SSSR count). The van der Waals surface area contributed by atoms with Crippen molar-refractivity contribution in [3.8, 4) is 5.75 Å². The molecule has 1 aromatic rings. The number of halogens is 1. The first kappa shape index (κ1) is 12.1. The molecule has 0 aromatic heterocycles. The van der Waals surface area contributed by atoms with Crippen LogP contribution in [0.5, 0.6) is 5.75 Å². The average Bonchev–Trinajstić information content (AvgIpc) is 2.10. The number of benzene rings is 1. The minimum Gasteiger partial charge on any atom is -0.508 e. The highest BCUT2D eigenvalue weighted by Gasteiger charge is 1.95. The van der Waals surface area contributed by atoms with E-state index in [1.165, 1.54) is 24.8 Å². The van der Waals surface area contributed by atoms with Gasteiger partial charge in [0.2, 0.25) is 0 Å². The maximum Gasteiger partial charge on any atom is 0.186 e. The third-order valence-corrected chi connectivity index (χ3v) is 2.58. The zero-order chi connectivity index (χ0) is 11.3. The van der Waals surface area contributed by atoms with Gasteiger partial charge in [-0.15, -0.1) is 0 Å². The Hall–Kier alpha value is -0.930. The van der Waals surface area contributed by atoms with E-state index in [1.54, 1.807) is 12.1 Å². The Morgan fingerprint density at radius 2 is 2.27 bits per heavy atom. The molecule has 0 heterocycles. The molecular weight excluding hydrogens is 232 g/mol. The number of carbonyl (C=O) groups is 1. The van der Waals surface area contributed by atoms with E-state index in [0.29, 0.717) is 10.8 Å². The molecule has 0 aliphatic heterocycles. The summed E-state index contributed by atoms with van der Waals surface area (Å²) in [5.74, 6) is 0.768. The van der Waals surface area contributed by atoms with Gasteiger partial charge in [-0.05, 0) is 23.8 Å². The van der Waals surface area contributed by atoms with Gasteiger partial charge in [0.1, 0.15) is 5.75 Å². The fraction of sp³-hybridized carbons (Fsp3) is 0.182. The van der Waals surface area contributed by atoms with Gasteiger partial charge in [-0.1, -0.05) is 35.5 Å². The molecule has 0 radical (unpaired) electrons. The van der Waals surface area contributed by atoms with Gasteiger partial charge < -0.3 is 5.11 Å². The van der Waals surface area contributed by atoms with Crippen LogP contribution in [0.25, 0.3) is 6.08 Å². The number of phenolic OH excluding ortho intramolecular Hbond substituents is 1. The molecule has 0 spiro atoms. The first-order chi connectivity index (χ1) is 7.08. The van der Waals surface area contributed by atoms with Gasteiger partial charge in [-0.2, -0.15) is 0 Å². The van der Waals surface area contributed by atoms with E-state index in [1.807, 2.05) is 12.2 Å². The molecule has 15 heavy (non-hydrogen) atoms. The molecule has 1 aromatic carbocycles. The molecule has 0 aliphatic carbocycles. The second kappa shape index (κ2) is 5.83. The van der Waals surface area contributed by atoms with E-state index in [0.717, 1.165) is 5.56 Å². The molecule has 0 atom stereocenters. The van der Waals surface area contributed by atoms with Crippen LogP contribution in [0.4, 0.5) is 0 Å². The SMILES string of the molecule is CC(=O)SCC=Cc1cc(O)cc(Cl)c1. The quantitative estimate of drug-likeness (QED) is 0.883. The van der Waals surface area contributed by atoms with E-state index >= 15 is 0 Å². The maximum atomic E-state index is 10.6. The van der Waals surface area contributed by atoms with Gasteiger partial charge >= 0.3 is 0 Å². The summed E-state index contributed by atoms with van der Waals surface area (Å²) in [5.41, 5.74) is 0.823. The van der Waals surface area contributed by atoms with Crippen molar-refractivity contribution in [2.45, 2.75) is 6.92 Å². The van der Waals surface area contributed by atoms with Crippen LogP contribution in [-0.4, -0.2) is 16.0 Å². The zero-order valence-corrected chi connectivity index (χ0v) is 9.81. The van der Waals surface area contributed by atoms with Gasteiger partial charge in [0, 0.05) is 17.7 Å². The van der Waals surface area contributed by atoms with Crippen molar-refractivity contribution in [2.75, 3.05) is 5.75 Å². The topological polar surface area (TPSA) is 37.3 Å². The van der Waals surface area contributed by atoms with E-state index in [4.69, 9.17) is 11.6 Å². The number of aromatic hydroxyl groups is 1. The van der Waals surface area contributed by atoms with Crippen LogP contribution in [-0.2, 0) is 4.79 Å². The lowest BCUT2D eigenvalue weighted by Gasteiger charge is -1.97. The number of hydrogen-bond acceptors (Lipinski definition) is 3. The smallest absolute Gasteiger partial charge is 0.186 e. The lowest BCUT2D eigenvalue weighted by atomic mass is 10.2. The highest BCUT2D eigenvalue weighted by atomic mass is 35.5. The molecule has 0 bridgehead atoms. The highest BCUT2D eigenvalue weighted by Crippen LogP contribution is 2.20. The number of thioether (sulfide) groups is 1. The molecule has 0 saturated carbocycles. The highest BCUT2D eigenvalue weighted by molar-refractivity contribution is 8.13. The molecule has 4 heteroatoms. The van der Waals surface area contributed by atoms with Gasteiger partial charge in [0.15, 0.2) is 5.12 Å². The Morgan fingerprint density at radius 3 is 2.87 bits per heavy atom. The monoisotopic (exact) mass is 242 g/mol. The van der Waals surface area contributed by atoms with Crippen LogP contribution in [0.2, 0.25) is 5.02 Å². The van der Waals surface area contributed by atoms with E-state index in [-0.39, 0.29) is 10.9 Å². The van der Waals surface area contributed by atoms with Crippen LogP contribution in [0.3, 0.4) is 0 Å². The summed E-state index contributed by atoms with van der Waals surface area (Å²) in [6.07, 6.45) is 3.68. The molecule has 80 valence electrons. The van der Waals surface area contributed by atoms with Gasteiger partial charge in [0.25, 0.3) is 0 Å². The van der Waals surface area contributed by atoms with Gasteiger partial charge in [-0.25, -0.2) is 0 Å². The molecular formula is C11H11ClO2S. The second-order valence-corrected chi connectivity index (χ2v) is 4.58. The van der Waals surface area contributed by atoms with Crippen molar-refractivity contribution in [1.29, 1.82) is 0 Å². The summed E-state index contributed by atoms with van der Waals surface area (Å²) in [7, 11) is 0. The number of phenols is 1. The Bertz CT molecular complexity index is 368. The fourth-order valence-corrected chi connectivity index (χ4v) is 1.71. The van der Waals surface area contributed by atoms with Crippen LogP contribution in [0.1, 0.15) is 12.5 Å². The summed E-state index contributed by atoms with van der Waals surface area (Å²) in [6.45, 7) is 1.53. The molecule has 2 nitrogen and oxygen atoms in total. The minimum absolute atomic E-state index is 0.0913. The normalized spacial score (nSPS) is 10.8. The molecule has 0 unspecified atom stereocenters. The maximum absolute atomic E-state index is 10.6. The third kappa shape index (κ3) is 4.91. The summed E-state index contributed by atoms with van der Waals surface area (Å²) in [6, 6.07) is 4.83. The van der Waals surface area contributed by atoms with E-state index in [2.05, 4.69) is 0 Å². The molecule has 0 saturated heterocycles. The lowest BCUT2D eigenvalue weighted by Crippen LogP contribution is -1.81. The van der Waals surface area contributed by atoms with Crippen molar-refractivity contribution < 1.29 is 9.90 Å². The standard InChI is InChI=1S/C11H11ClO2S/c1-8(13)15-4-2-3-9-5-10(12)7-11(14)6-9/h2-3,5-7,14H,4H2,1H3. The fourth-order valence-electron chi connectivity index (χ4n) is 1.04.